The topological polar surface area (TPSA) is 130 Å². The van der Waals surface area contributed by atoms with Crippen LogP contribution in [0.25, 0.3) is 0 Å². The molecule has 0 saturated heterocycles. The van der Waals surface area contributed by atoms with Crippen LogP contribution < -0.4 is 0 Å². The lowest BCUT2D eigenvalue weighted by Gasteiger charge is -2.12. The average molecular weight is 631 g/mol. The van der Waals surface area contributed by atoms with Crippen LogP contribution in [0.4, 0.5) is 0 Å². The van der Waals surface area contributed by atoms with Crippen molar-refractivity contribution in [3.63, 3.8) is 0 Å². The molecule has 0 atom stereocenters. The minimum atomic E-state index is -4.11. The first kappa shape index (κ1) is 31.5. The SMILES string of the molecule is Cc1ccc(S(=O)(=O)OCc2cc(COS(=O)(=O)c3ccc(C)cc3)cc(COS(=O)(=O)c3ccc(C)cc3)c2)cc1. The van der Waals surface area contributed by atoms with Gasteiger partial charge in [-0.15, -0.1) is 0 Å². The summed E-state index contributed by atoms with van der Waals surface area (Å²) in [6.45, 7) is 4.29. The van der Waals surface area contributed by atoms with Crippen molar-refractivity contribution in [1.29, 1.82) is 0 Å². The molecule has 9 nitrogen and oxygen atoms in total. The Bertz CT molecular complexity index is 1630. The summed E-state index contributed by atoms with van der Waals surface area (Å²) in [7, 11) is -12.3. The zero-order chi connectivity index (χ0) is 30.5. The summed E-state index contributed by atoms with van der Waals surface area (Å²) in [6, 6.07) is 23.0. The molecule has 0 heterocycles. The van der Waals surface area contributed by atoms with Crippen molar-refractivity contribution in [2.45, 2.75) is 55.3 Å². The third-order valence-corrected chi connectivity index (χ3v) is 10.0. The molecule has 0 radical (unpaired) electrons. The Kier molecular flexibility index (Phi) is 9.66. The first-order chi connectivity index (χ1) is 19.7. The van der Waals surface area contributed by atoms with Gasteiger partial charge < -0.3 is 0 Å². The third kappa shape index (κ3) is 8.34. The first-order valence-electron chi connectivity index (χ1n) is 12.7. The van der Waals surface area contributed by atoms with E-state index in [0.29, 0.717) is 16.7 Å². The molecule has 0 bridgehead atoms. The second-order valence-corrected chi connectivity index (χ2v) is 14.6. The molecular weight excluding hydrogens is 601 g/mol. The van der Waals surface area contributed by atoms with Crippen molar-refractivity contribution in [2.24, 2.45) is 0 Å². The summed E-state index contributed by atoms with van der Waals surface area (Å²) in [5.74, 6) is 0. The molecule has 0 unspecified atom stereocenters. The first-order valence-corrected chi connectivity index (χ1v) is 17.0. The van der Waals surface area contributed by atoms with Crippen LogP contribution in [-0.4, -0.2) is 25.3 Å². The van der Waals surface area contributed by atoms with E-state index in [9.17, 15) is 25.3 Å². The molecule has 0 fully saturated rings. The van der Waals surface area contributed by atoms with Crippen molar-refractivity contribution in [3.8, 4) is 0 Å². The predicted octanol–water partition coefficient (Wildman–Crippen LogP) is 5.33. The highest BCUT2D eigenvalue weighted by Gasteiger charge is 2.19. The lowest BCUT2D eigenvalue weighted by atomic mass is 10.1. The Morgan fingerprint density at radius 3 is 0.833 bits per heavy atom. The highest BCUT2D eigenvalue weighted by molar-refractivity contribution is 7.87. The molecule has 42 heavy (non-hydrogen) atoms. The normalized spacial score (nSPS) is 12.4. The number of benzene rings is 4. The smallest absolute Gasteiger partial charge is 0.262 e. The van der Waals surface area contributed by atoms with E-state index in [0.717, 1.165) is 16.7 Å². The molecule has 0 aliphatic heterocycles. The number of hydrogen-bond donors (Lipinski definition) is 0. The highest BCUT2D eigenvalue weighted by Crippen LogP contribution is 2.22. The monoisotopic (exact) mass is 630 g/mol. The molecule has 4 rings (SSSR count). The molecule has 0 N–H and O–H groups in total. The summed E-state index contributed by atoms with van der Waals surface area (Å²) in [5, 5.41) is 0. The van der Waals surface area contributed by atoms with Crippen LogP contribution >= 0.6 is 0 Å². The van der Waals surface area contributed by atoms with E-state index in [2.05, 4.69) is 0 Å². The fourth-order valence-electron chi connectivity index (χ4n) is 3.85. The quantitative estimate of drug-likeness (QED) is 0.191. The van der Waals surface area contributed by atoms with Crippen molar-refractivity contribution in [2.75, 3.05) is 0 Å². The van der Waals surface area contributed by atoms with Crippen LogP contribution in [0.15, 0.2) is 106 Å². The van der Waals surface area contributed by atoms with Gasteiger partial charge >= 0.3 is 0 Å². The summed E-state index contributed by atoms with van der Waals surface area (Å²) >= 11 is 0. The molecule has 4 aromatic carbocycles. The lowest BCUT2D eigenvalue weighted by molar-refractivity contribution is 0.297. The summed E-state index contributed by atoms with van der Waals surface area (Å²) < 4.78 is 92.2. The van der Waals surface area contributed by atoms with E-state index in [4.69, 9.17) is 12.5 Å². The minimum Gasteiger partial charge on any atom is -0.262 e. The third-order valence-electron chi connectivity index (χ3n) is 6.18. The van der Waals surface area contributed by atoms with E-state index in [1.807, 2.05) is 20.8 Å². The average Bonchev–Trinajstić information content (AvgIpc) is 2.95. The molecular formula is C30H30O9S3. The van der Waals surface area contributed by atoms with Gasteiger partial charge in [0.25, 0.3) is 30.4 Å². The van der Waals surface area contributed by atoms with Gasteiger partial charge in [-0.2, -0.15) is 25.3 Å². The van der Waals surface area contributed by atoms with E-state index in [1.165, 1.54) is 54.6 Å². The van der Waals surface area contributed by atoms with E-state index in [1.54, 1.807) is 36.4 Å². The van der Waals surface area contributed by atoms with Crippen LogP contribution in [0.3, 0.4) is 0 Å². The Labute approximate surface area is 247 Å². The maximum absolute atomic E-state index is 12.7. The van der Waals surface area contributed by atoms with E-state index >= 15 is 0 Å². The molecule has 0 aromatic heterocycles. The van der Waals surface area contributed by atoms with E-state index in [-0.39, 0.29) is 14.7 Å². The standard InChI is InChI=1S/C30H30O9S3/c1-22-4-10-28(11-5-22)40(31,32)37-19-25-16-26(20-38-41(33,34)29-12-6-23(2)7-13-29)18-27(17-25)21-39-42(35,36)30-14-8-24(3)9-15-30/h4-18H,19-21H2,1-3H3. The number of hydrogen-bond acceptors (Lipinski definition) is 9. The number of rotatable bonds is 12. The fourth-order valence-corrected chi connectivity index (χ4v) is 6.54. The van der Waals surface area contributed by atoms with Gasteiger partial charge in [0.05, 0.1) is 34.5 Å². The largest absolute Gasteiger partial charge is 0.297 e. The Hall–Kier alpha value is -3.39. The molecule has 0 spiro atoms. The van der Waals surface area contributed by atoms with Crippen LogP contribution in [0.1, 0.15) is 33.4 Å². The fraction of sp³-hybridized carbons (Fsp3) is 0.200. The highest BCUT2D eigenvalue weighted by atomic mass is 32.2. The van der Waals surface area contributed by atoms with Gasteiger partial charge in [0.2, 0.25) is 0 Å². The predicted molar refractivity (Wildman–Crippen MR) is 156 cm³/mol. The second-order valence-electron chi connectivity index (χ2n) is 9.75. The molecule has 0 saturated carbocycles. The van der Waals surface area contributed by atoms with Crippen LogP contribution in [0.2, 0.25) is 0 Å². The molecule has 0 aliphatic rings. The maximum atomic E-state index is 12.7. The summed E-state index contributed by atoms with van der Waals surface area (Å²) in [4.78, 5) is -0.0708. The molecule has 222 valence electrons. The molecule has 12 heteroatoms. The van der Waals surface area contributed by atoms with Crippen LogP contribution in [0, 0.1) is 20.8 Å². The van der Waals surface area contributed by atoms with E-state index < -0.39 is 50.2 Å². The molecule has 0 aliphatic carbocycles. The van der Waals surface area contributed by atoms with Crippen molar-refractivity contribution in [3.05, 3.63) is 124 Å². The molecule has 0 amide bonds. The van der Waals surface area contributed by atoms with Crippen LogP contribution in [-0.2, 0) is 62.7 Å². The van der Waals surface area contributed by atoms with Gasteiger partial charge in [0.1, 0.15) is 0 Å². The Morgan fingerprint density at radius 2 is 0.619 bits per heavy atom. The zero-order valence-electron chi connectivity index (χ0n) is 23.2. The van der Waals surface area contributed by atoms with Crippen LogP contribution in [0.5, 0.6) is 0 Å². The van der Waals surface area contributed by atoms with Gasteiger partial charge in [0.15, 0.2) is 0 Å². The summed E-state index contributed by atoms with van der Waals surface area (Å²) in [5.41, 5.74) is 3.66. The van der Waals surface area contributed by atoms with Crippen molar-refractivity contribution >= 4 is 30.4 Å². The van der Waals surface area contributed by atoms with Gasteiger partial charge in [-0.1, -0.05) is 71.3 Å². The van der Waals surface area contributed by atoms with Gasteiger partial charge in [-0.3, -0.25) is 12.5 Å². The zero-order valence-corrected chi connectivity index (χ0v) is 25.6. The van der Waals surface area contributed by atoms with Gasteiger partial charge in [-0.05, 0) is 73.9 Å². The minimum absolute atomic E-state index is 0.0236. The Balaban J connectivity index is 1.57. The Morgan fingerprint density at radius 1 is 0.405 bits per heavy atom. The number of aryl methyl sites for hydroxylation is 3. The van der Waals surface area contributed by atoms with Crippen molar-refractivity contribution < 1.29 is 37.8 Å². The maximum Gasteiger partial charge on any atom is 0.297 e. The molecule has 4 aromatic rings. The van der Waals surface area contributed by atoms with Crippen molar-refractivity contribution in [1.82, 2.24) is 0 Å². The van der Waals surface area contributed by atoms with Gasteiger partial charge in [-0.25, -0.2) is 0 Å². The van der Waals surface area contributed by atoms with Gasteiger partial charge in [0, 0.05) is 0 Å². The summed E-state index contributed by atoms with van der Waals surface area (Å²) in [6.07, 6.45) is 0. The second kappa shape index (κ2) is 12.9. The lowest BCUT2D eigenvalue weighted by Crippen LogP contribution is -2.10.